The Morgan fingerprint density at radius 3 is 2.32 bits per heavy atom. The van der Waals surface area contributed by atoms with Crippen molar-refractivity contribution in [2.45, 2.75) is 83.0 Å². The van der Waals surface area contributed by atoms with Crippen LogP contribution in [0.3, 0.4) is 0 Å². The van der Waals surface area contributed by atoms with E-state index in [1.54, 1.807) is 6.07 Å². The summed E-state index contributed by atoms with van der Waals surface area (Å²) >= 11 is 1.30. The van der Waals surface area contributed by atoms with Gasteiger partial charge in [-0.1, -0.05) is 60.1 Å². The molecule has 0 fully saturated rings. The fourth-order valence-electron chi connectivity index (χ4n) is 4.26. The maximum Gasteiger partial charge on any atom is 0.321 e. The molecule has 0 bridgehead atoms. The van der Waals surface area contributed by atoms with Crippen LogP contribution in [-0.4, -0.2) is 52.5 Å². The minimum Gasteiger partial charge on any atom is -0.491 e. The standard InChI is InChI=1S/C28H45NO6S2/c1-9-12-20-17-21(13-14-22(20)35-19-23(30)27(4,5)6)28(10-2,11-3)24-15-16-26(36-24)37(8,32,33)29-18-25(31)34-7/h13-17,23,30H,9-12,18-19H2,1-8H3,(H2,29,32,33). The zero-order valence-corrected chi connectivity index (χ0v) is 25.2. The molecule has 2 aromatic rings. The fourth-order valence-corrected chi connectivity index (χ4v) is 7.57. The van der Waals surface area contributed by atoms with E-state index in [1.165, 1.54) is 24.7 Å². The molecule has 1 aromatic heterocycles. The number of aliphatic hydroxyl groups excluding tert-OH is 1. The van der Waals surface area contributed by atoms with E-state index in [0.29, 0.717) is 0 Å². The molecule has 0 aliphatic rings. The molecule has 0 saturated carbocycles. The summed E-state index contributed by atoms with van der Waals surface area (Å²) in [5.41, 5.74) is 1.59. The van der Waals surface area contributed by atoms with Gasteiger partial charge in [0, 0.05) is 16.5 Å². The van der Waals surface area contributed by atoms with Crippen LogP contribution < -0.4 is 9.46 Å². The number of esters is 1. The van der Waals surface area contributed by atoms with Crippen molar-refractivity contribution < 1.29 is 28.1 Å². The van der Waals surface area contributed by atoms with Gasteiger partial charge in [-0.25, -0.2) is 4.72 Å². The lowest BCUT2D eigenvalue weighted by Gasteiger charge is -2.38. The Bertz CT molecular complexity index is 1120. The second kappa shape index (κ2) is 11.9. The SMILES string of the molecule is CCCc1cc(C(CC)(CC)c2ccc(S(C)(=O)(O)NCC(=O)OC)s2)ccc1OCC(O)C(C)(C)C. The van der Waals surface area contributed by atoms with Crippen molar-refractivity contribution in [2.24, 2.45) is 5.41 Å². The first-order valence-electron chi connectivity index (χ1n) is 12.9. The predicted molar refractivity (Wildman–Crippen MR) is 152 cm³/mol. The molecule has 9 heteroatoms. The Balaban J connectivity index is 2.47. The Kier molecular flexibility index (Phi) is 10.2. The molecular formula is C28H45NO6S2. The number of aryl methyl sites for hydroxylation is 1. The monoisotopic (exact) mass is 555 g/mol. The van der Waals surface area contributed by atoms with Gasteiger partial charge < -0.3 is 14.6 Å². The van der Waals surface area contributed by atoms with Gasteiger partial charge in [-0.3, -0.25) is 9.35 Å². The van der Waals surface area contributed by atoms with Crippen LogP contribution in [0.25, 0.3) is 0 Å². The number of hydrogen-bond acceptors (Lipinski definition) is 6. The van der Waals surface area contributed by atoms with Gasteiger partial charge in [0.1, 0.15) is 23.1 Å². The third-order valence-corrected chi connectivity index (χ3v) is 11.5. The highest BCUT2D eigenvalue weighted by atomic mass is 32.3. The molecule has 1 heterocycles. The van der Waals surface area contributed by atoms with E-state index < -0.39 is 21.6 Å². The average Bonchev–Trinajstić information content (AvgIpc) is 3.35. The van der Waals surface area contributed by atoms with Crippen LogP contribution in [0.2, 0.25) is 0 Å². The zero-order chi connectivity index (χ0) is 28.1. The maximum atomic E-state index is 13.5. The maximum absolute atomic E-state index is 13.5. The molecule has 0 radical (unpaired) electrons. The average molecular weight is 556 g/mol. The third kappa shape index (κ3) is 7.41. The van der Waals surface area contributed by atoms with Gasteiger partial charge in [0.2, 0.25) is 0 Å². The number of aliphatic hydroxyl groups is 1. The second-order valence-electron chi connectivity index (χ2n) is 10.9. The van der Waals surface area contributed by atoms with Crippen LogP contribution in [-0.2, 0) is 30.9 Å². The molecule has 37 heavy (non-hydrogen) atoms. The number of hydrogen-bond donors (Lipinski definition) is 3. The molecule has 3 N–H and O–H groups in total. The Hall–Kier alpha value is -1.78. The Labute approximate surface area is 226 Å². The minimum atomic E-state index is -4.44. The van der Waals surface area contributed by atoms with Gasteiger partial charge in [0.25, 0.3) is 0 Å². The van der Waals surface area contributed by atoms with Crippen LogP contribution >= 0.6 is 11.3 Å². The lowest BCUT2D eigenvalue weighted by atomic mass is 9.74. The van der Waals surface area contributed by atoms with Crippen molar-refractivity contribution in [3.8, 4) is 5.75 Å². The number of nitrogens with one attached hydrogen (secondary N) is 1. The van der Waals surface area contributed by atoms with E-state index in [4.69, 9.17) is 4.74 Å². The number of thiophene rings is 1. The highest BCUT2D eigenvalue weighted by Gasteiger charge is 2.36. The van der Waals surface area contributed by atoms with Crippen LogP contribution in [0, 0.1) is 5.41 Å². The predicted octanol–water partition coefficient (Wildman–Crippen LogP) is 5.55. The molecular weight excluding hydrogens is 510 g/mol. The summed E-state index contributed by atoms with van der Waals surface area (Å²) in [6.07, 6.45) is 4.04. The van der Waals surface area contributed by atoms with Crippen molar-refractivity contribution in [3.63, 3.8) is 0 Å². The molecule has 0 saturated heterocycles. The highest BCUT2D eigenvalue weighted by Crippen LogP contribution is 2.46. The number of benzene rings is 1. The highest BCUT2D eigenvalue weighted by molar-refractivity contribution is 8.14. The minimum absolute atomic E-state index is 0.224. The van der Waals surface area contributed by atoms with Gasteiger partial charge in [-0.15, -0.1) is 20.9 Å². The molecule has 0 spiro atoms. The molecule has 0 amide bonds. The van der Waals surface area contributed by atoms with Gasteiger partial charge >= 0.3 is 5.97 Å². The first kappa shape index (κ1) is 31.4. The normalized spacial score (nSPS) is 14.6. The number of methoxy groups -OCH3 is 1. The van der Waals surface area contributed by atoms with Crippen LogP contribution in [0.5, 0.6) is 5.75 Å². The number of ether oxygens (including phenoxy) is 2. The summed E-state index contributed by atoms with van der Waals surface area (Å²) in [6.45, 7) is 12.2. The second-order valence-corrected chi connectivity index (χ2v) is 15.5. The first-order chi connectivity index (χ1) is 17.1. The van der Waals surface area contributed by atoms with Crippen LogP contribution in [0.1, 0.15) is 76.8 Å². The molecule has 7 nitrogen and oxygen atoms in total. The summed E-state index contributed by atoms with van der Waals surface area (Å²) in [5.74, 6) is 0.171. The fraction of sp³-hybridized carbons (Fsp3) is 0.607. The Morgan fingerprint density at radius 1 is 1.14 bits per heavy atom. The van der Waals surface area contributed by atoms with E-state index >= 15 is 0 Å². The molecule has 0 aliphatic carbocycles. The van der Waals surface area contributed by atoms with E-state index in [0.717, 1.165) is 47.4 Å². The third-order valence-electron chi connectivity index (χ3n) is 7.05. The number of carbonyl (C=O) groups excluding carboxylic acids is 1. The smallest absolute Gasteiger partial charge is 0.321 e. The lowest BCUT2D eigenvalue weighted by Crippen LogP contribution is -2.47. The van der Waals surface area contributed by atoms with Crippen LogP contribution in [0.15, 0.2) is 34.5 Å². The van der Waals surface area contributed by atoms with E-state index in [-0.39, 0.29) is 28.2 Å². The first-order valence-corrected chi connectivity index (χ1v) is 16.0. The van der Waals surface area contributed by atoms with Gasteiger partial charge in [-0.2, -0.15) is 4.21 Å². The zero-order valence-electron chi connectivity index (χ0n) is 23.6. The van der Waals surface area contributed by atoms with Gasteiger partial charge in [0.15, 0.2) is 0 Å². The molecule has 2 rings (SSSR count). The lowest BCUT2D eigenvalue weighted by molar-refractivity contribution is -0.139. The molecule has 1 aromatic carbocycles. The van der Waals surface area contributed by atoms with Crippen molar-refractivity contribution >= 4 is 26.8 Å². The van der Waals surface area contributed by atoms with E-state index in [2.05, 4.69) is 42.4 Å². The van der Waals surface area contributed by atoms with Gasteiger partial charge in [-0.05, 0) is 54.0 Å². The topological polar surface area (TPSA) is 105 Å². The molecule has 0 aliphatic heterocycles. The number of rotatable bonds is 13. The summed E-state index contributed by atoms with van der Waals surface area (Å²) in [5, 5.41) is 10.5. The summed E-state index contributed by atoms with van der Waals surface area (Å²) in [6, 6.07) is 9.84. The van der Waals surface area contributed by atoms with Crippen molar-refractivity contribution in [1.82, 2.24) is 4.72 Å². The van der Waals surface area contributed by atoms with Crippen molar-refractivity contribution in [1.29, 1.82) is 0 Å². The molecule has 1 unspecified atom stereocenters. The largest absolute Gasteiger partial charge is 0.491 e. The van der Waals surface area contributed by atoms with Gasteiger partial charge in [0.05, 0.1) is 13.2 Å². The van der Waals surface area contributed by atoms with Crippen LogP contribution in [0.4, 0.5) is 0 Å². The summed E-state index contributed by atoms with van der Waals surface area (Å²) < 4.78 is 37.9. The van der Waals surface area contributed by atoms with E-state index in [1.807, 2.05) is 32.9 Å². The summed E-state index contributed by atoms with van der Waals surface area (Å²) in [4.78, 5) is 12.6. The summed E-state index contributed by atoms with van der Waals surface area (Å²) in [7, 11) is -3.20. The van der Waals surface area contributed by atoms with Crippen molar-refractivity contribution in [3.05, 3.63) is 46.3 Å². The number of carbonyl (C=O) groups is 1. The quantitative estimate of drug-likeness (QED) is 0.280. The van der Waals surface area contributed by atoms with Crippen molar-refractivity contribution in [2.75, 3.05) is 26.5 Å². The van der Waals surface area contributed by atoms with E-state index in [9.17, 15) is 18.7 Å². The molecule has 1 atom stereocenters. The molecule has 210 valence electrons. The Morgan fingerprint density at radius 2 is 1.78 bits per heavy atom.